The maximum absolute atomic E-state index is 3.65. The van der Waals surface area contributed by atoms with Gasteiger partial charge in [0.2, 0.25) is 0 Å². The minimum atomic E-state index is 1.17. The fraction of sp³-hybridized carbons (Fsp3) is 0. The molecule has 4 heteroatoms. The molecular weight excluding hydrogens is 110 g/mol. The summed E-state index contributed by atoms with van der Waals surface area (Å²) in [5.74, 6) is 0. The van der Waals surface area contributed by atoms with Crippen LogP contribution in [0.5, 0.6) is 0 Å². The van der Waals surface area contributed by atoms with Gasteiger partial charge in [-0.15, -0.1) is 0 Å². The smallest absolute Gasteiger partial charge is 0.00427 e. The van der Waals surface area contributed by atoms with Gasteiger partial charge in [0.15, 0.2) is 0 Å². The zero-order chi connectivity index (χ0) is 3.41. The molecule has 0 aliphatic carbocycles. The van der Waals surface area contributed by atoms with Crippen LogP contribution in [0, 0.1) is 0 Å². The second kappa shape index (κ2) is 4.01. The maximum atomic E-state index is 3.65. The van der Waals surface area contributed by atoms with E-state index in [4.69, 9.17) is 0 Å². The lowest BCUT2D eigenvalue weighted by Gasteiger charge is -1.72. The van der Waals surface area contributed by atoms with Gasteiger partial charge in [0.25, 0.3) is 0 Å². The molecule has 4 heavy (non-hydrogen) atoms. The molecule has 0 aliphatic rings. The zero-order valence-electron chi connectivity index (χ0n) is 1.80. The summed E-state index contributed by atoms with van der Waals surface area (Å²) >= 11 is 7.21. The Morgan fingerprint density at radius 2 is 2.00 bits per heavy atom. The molecule has 0 aromatic rings. The van der Waals surface area contributed by atoms with Crippen LogP contribution in [0.4, 0.5) is 0 Å². The summed E-state index contributed by atoms with van der Waals surface area (Å²) in [5, 5.41) is 0. The van der Waals surface area contributed by atoms with Gasteiger partial charge >= 0.3 is 0 Å². The van der Waals surface area contributed by atoms with E-state index in [0.717, 1.165) is 0 Å². The summed E-state index contributed by atoms with van der Waals surface area (Å²) in [6.07, 6.45) is 0. The summed E-state index contributed by atoms with van der Waals surface area (Å²) in [5.41, 5.74) is 0. The van der Waals surface area contributed by atoms with Crippen LogP contribution in [0.2, 0.25) is 0 Å². The SMILES string of the molecule is SNSS. The normalized spacial score (nSPS) is 7.50. The van der Waals surface area contributed by atoms with Gasteiger partial charge in [-0.25, -0.2) is 4.13 Å². The lowest BCUT2D eigenvalue weighted by Crippen LogP contribution is -1.67. The molecular formula is H3NS3. The molecule has 0 fully saturated rings. The lowest BCUT2D eigenvalue weighted by molar-refractivity contribution is 1.82. The highest BCUT2D eigenvalue weighted by Crippen LogP contribution is 1.95. The lowest BCUT2D eigenvalue weighted by atomic mass is 13.9. The Morgan fingerprint density at radius 1 is 1.75 bits per heavy atom. The first kappa shape index (κ1) is 5.01. The van der Waals surface area contributed by atoms with Gasteiger partial charge in [-0.3, -0.25) is 0 Å². The van der Waals surface area contributed by atoms with Crippen molar-refractivity contribution in [3.8, 4) is 0 Å². The third-order valence-corrected chi connectivity index (χ3v) is 1.10. The zero-order valence-corrected chi connectivity index (χ0v) is 4.41. The Kier molecular flexibility index (Phi) is 5.02. The maximum Gasteiger partial charge on any atom is -0.00427 e. The van der Waals surface area contributed by atoms with E-state index >= 15 is 0 Å². The first-order valence-corrected chi connectivity index (χ1v) is 2.93. The molecule has 1 N–H and O–H groups in total. The summed E-state index contributed by atoms with van der Waals surface area (Å²) in [4.78, 5) is 0. The van der Waals surface area contributed by atoms with E-state index < -0.39 is 0 Å². The van der Waals surface area contributed by atoms with Crippen molar-refractivity contribution in [2.24, 2.45) is 0 Å². The molecule has 0 saturated heterocycles. The van der Waals surface area contributed by atoms with Crippen LogP contribution in [0.3, 0.4) is 0 Å². The van der Waals surface area contributed by atoms with E-state index in [1.165, 1.54) is 11.0 Å². The van der Waals surface area contributed by atoms with Crippen molar-refractivity contribution < 1.29 is 0 Å². The fourth-order valence-electron chi connectivity index (χ4n) is 0. The predicted molar refractivity (Wildman–Crippen MR) is 28.7 cm³/mol. The Morgan fingerprint density at radius 3 is 2.00 bits per heavy atom. The van der Waals surface area contributed by atoms with Gasteiger partial charge in [0.1, 0.15) is 0 Å². The third kappa shape index (κ3) is 3.01. The van der Waals surface area contributed by atoms with Crippen molar-refractivity contribution in [3.63, 3.8) is 0 Å². The van der Waals surface area contributed by atoms with Gasteiger partial charge in [0.05, 0.1) is 0 Å². The molecule has 0 radical (unpaired) electrons. The number of thiol groups is 2. The molecule has 1 nitrogen and oxygen atoms in total. The number of hydrogen-bond donors (Lipinski definition) is 3. The number of nitrogens with one attached hydrogen (secondary N) is 1. The van der Waals surface area contributed by atoms with Crippen LogP contribution < -0.4 is 4.13 Å². The minimum absolute atomic E-state index is 1.17. The molecule has 26 valence electrons. The van der Waals surface area contributed by atoms with Crippen molar-refractivity contribution in [2.45, 2.75) is 0 Å². The van der Waals surface area contributed by atoms with Crippen molar-refractivity contribution in [1.82, 2.24) is 4.13 Å². The monoisotopic (exact) mass is 113 g/mol. The quantitative estimate of drug-likeness (QED) is 0.265. The molecule has 0 heterocycles. The first-order valence-electron chi connectivity index (χ1n) is 0.610. The Balaban J connectivity index is 1.97. The van der Waals surface area contributed by atoms with E-state index in [-0.39, 0.29) is 0 Å². The van der Waals surface area contributed by atoms with Crippen molar-refractivity contribution in [2.75, 3.05) is 0 Å². The molecule has 0 amide bonds. The standard InChI is InChI=1S/H3NS3/c2-1-4-3/h1-3H. The highest BCUT2D eigenvalue weighted by atomic mass is 33.1. The topological polar surface area (TPSA) is 12.0 Å². The first-order chi connectivity index (χ1) is 1.91. The molecule has 0 aromatic carbocycles. The van der Waals surface area contributed by atoms with Crippen LogP contribution in [-0.2, 0) is 0 Å². The summed E-state index contributed by atoms with van der Waals surface area (Å²) in [6.45, 7) is 0. The van der Waals surface area contributed by atoms with Crippen molar-refractivity contribution >= 4 is 35.5 Å². The Labute approximate surface area is 40.0 Å². The van der Waals surface area contributed by atoms with Crippen LogP contribution in [0.25, 0.3) is 0 Å². The molecule has 0 rings (SSSR count). The van der Waals surface area contributed by atoms with Crippen LogP contribution in [0.15, 0.2) is 0 Å². The van der Waals surface area contributed by atoms with Gasteiger partial charge in [-0.05, 0) is 11.0 Å². The van der Waals surface area contributed by atoms with E-state index in [0.29, 0.717) is 0 Å². The van der Waals surface area contributed by atoms with E-state index in [9.17, 15) is 0 Å². The molecule has 0 atom stereocenters. The van der Waals surface area contributed by atoms with Crippen molar-refractivity contribution in [3.05, 3.63) is 0 Å². The molecule has 0 aliphatic heterocycles. The second-order valence-electron chi connectivity index (χ2n) is 0.183. The van der Waals surface area contributed by atoms with Gasteiger partial charge in [-0.2, -0.15) is 0 Å². The van der Waals surface area contributed by atoms with E-state index in [1.54, 1.807) is 0 Å². The molecule has 0 spiro atoms. The number of rotatable bonds is 1. The third-order valence-electron chi connectivity index (χ3n) is 0.0408. The van der Waals surface area contributed by atoms with Crippen molar-refractivity contribution in [1.29, 1.82) is 0 Å². The predicted octanol–water partition coefficient (Wildman–Crippen LogP) is 0.914. The highest BCUT2D eigenvalue weighted by Gasteiger charge is 1.52. The second-order valence-corrected chi connectivity index (χ2v) is 1.64. The summed E-state index contributed by atoms with van der Waals surface area (Å²) in [7, 11) is 1.17. The molecule has 0 bridgehead atoms. The van der Waals surface area contributed by atoms with Crippen LogP contribution in [-0.4, -0.2) is 0 Å². The van der Waals surface area contributed by atoms with Gasteiger partial charge < -0.3 is 0 Å². The summed E-state index contributed by atoms with van der Waals surface area (Å²) in [6, 6.07) is 0. The minimum Gasteiger partial charge on any atom is -0.201 e. The molecule has 0 aromatic heterocycles. The molecule has 0 unspecified atom stereocenters. The van der Waals surface area contributed by atoms with Crippen LogP contribution in [0.1, 0.15) is 0 Å². The average molecular weight is 113 g/mol. The number of hydrogen-bond acceptors (Lipinski definition) is 4. The fourth-order valence-corrected chi connectivity index (χ4v) is 0. The summed E-state index contributed by atoms with van der Waals surface area (Å²) < 4.78 is 2.41. The Hall–Kier alpha value is 1.01. The van der Waals surface area contributed by atoms with E-state index in [2.05, 4.69) is 28.6 Å². The van der Waals surface area contributed by atoms with E-state index in [1.807, 2.05) is 0 Å². The van der Waals surface area contributed by atoms with Gasteiger partial charge in [-0.1, -0.05) is 24.5 Å². The molecule has 0 saturated carbocycles. The van der Waals surface area contributed by atoms with Crippen LogP contribution >= 0.6 is 35.5 Å². The highest BCUT2D eigenvalue weighted by molar-refractivity contribution is 8.68. The van der Waals surface area contributed by atoms with Gasteiger partial charge in [0, 0.05) is 0 Å². The average Bonchev–Trinajstić information content (AvgIpc) is 1.37. The largest absolute Gasteiger partial charge is 0.201 e. The Bertz CT molecular complexity index is 5.25.